The first kappa shape index (κ1) is 22.7. The first-order valence-corrected chi connectivity index (χ1v) is 13.0. The van der Waals surface area contributed by atoms with Gasteiger partial charge in [-0.1, -0.05) is 60.7 Å². The lowest BCUT2D eigenvalue weighted by Gasteiger charge is -2.26. The maximum absolute atomic E-state index is 12.5. The Labute approximate surface area is 184 Å². The summed E-state index contributed by atoms with van der Waals surface area (Å²) in [5, 5.41) is 6.51. The molecule has 2 aromatic carbocycles. The van der Waals surface area contributed by atoms with Crippen molar-refractivity contribution in [3.8, 4) is 0 Å². The molecule has 0 amide bonds. The number of guanidine groups is 1. The van der Waals surface area contributed by atoms with E-state index in [-0.39, 0.29) is 11.7 Å². The Morgan fingerprint density at radius 3 is 2.10 bits per heavy atom. The van der Waals surface area contributed by atoms with Crippen LogP contribution in [-0.2, 0) is 10.0 Å². The molecule has 0 unspecified atom stereocenters. The maximum atomic E-state index is 12.5. The molecule has 1 fully saturated rings. The molecule has 30 heavy (non-hydrogen) atoms. The van der Waals surface area contributed by atoms with Crippen molar-refractivity contribution < 1.29 is 8.42 Å². The number of hydrogen-bond acceptors (Lipinski definition) is 4. The molecule has 6 nitrogen and oxygen atoms in total. The van der Waals surface area contributed by atoms with Gasteiger partial charge < -0.3 is 10.6 Å². The van der Waals surface area contributed by atoms with Gasteiger partial charge in [-0.2, -0.15) is 11.8 Å². The molecule has 0 saturated carbocycles. The number of sulfonamides is 1. The zero-order valence-electron chi connectivity index (χ0n) is 17.3. The van der Waals surface area contributed by atoms with E-state index < -0.39 is 10.0 Å². The minimum atomic E-state index is -3.23. The van der Waals surface area contributed by atoms with Crippen LogP contribution in [0, 0.1) is 0 Å². The summed E-state index contributed by atoms with van der Waals surface area (Å²) in [5.41, 5.74) is 2.44. The third kappa shape index (κ3) is 6.48. The Bertz CT molecular complexity index is 860. The van der Waals surface area contributed by atoms with Gasteiger partial charge in [0, 0.05) is 50.7 Å². The number of nitrogens with zero attached hydrogens (tertiary/aromatic N) is 2. The zero-order valence-corrected chi connectivity index (χ0v) is 19.0. The van der Waals surface area contributed by atoms with Crippen molar-refractivity contribution in [2.24, 2.45) is 4.99 Å². The van der Waals surface area contributed by atoms with Gasteiger partial charge in [0.1, 0.15) is 0 Å². The van der Waals surface area contributed by atoms with Gasteiger partial charge in [0.15, 0.2) is 5.96 Å². The first-order chi connectivity index (χ1) is 14.6. The number of benzene rings is 2. The van der Waals surface area contributed by atoms with Crippen LogP contribution < -0.4 is 10.6 Å². The van der Waals surface area contributed by atoms with Gasteiger partial charge in [0.25, 0.3) is 0 Å². The summed E-state index contributed by atoms with van der Waals surface area (Å²) >= 11 is 1.80. The quantitative estimate of drug-likeness (QED) is 0.481. The molecule has 0 aromatic heterocycles. The monoisotopic (exact) mass is 446 g/mol. The van der Waals surface area contributed by atoms with Gasteiger partial charge in [-0.25, -0.2) is 12.7 Å². The number of aliphatic imine (C=N–C) groups is 1. The van der Waals surface area contributed by atoms with Crippen LogP contribution in [0.4, 0.5) is 0 Å². The summed E-state index contributed by atoms with van der Waals surface area (Å²) < 4.78 is 26.6. The van der Waals surface area contributed by atoms with E-state index in [1.165, 1.54) is 11.1 Å². The third-order valence-electron chi connectivity index (χ3n) is 5.12. The van der Waals surface area contributed by atoms with Crippen LogP contribution in [0.2, 0.25) is 0 Å². The lowest BCUT2D eigenvalue weighted by Crippen LogP contribution is -2.44. The molecule has 0 atom stereocenters. The second-order valence-corrected chi connectivity index (χ2v) is 10.4. The van der Waals surface area contributed by atoms with Crippen LogP contribution in [0.25, 0.3) is 0 Å². The summed E-state index contributed by atoms with van der Waals surface area (Å²) in [4.78, 5) is 4.26. The van der Waals surface area contributed by atoms with Crippen molar-refractivity contribution in [3.63, 3.8) is 0 Å². The molecule has 162 valence electrons. The van der Waals surface area contributed by atoms with Crippen molar-refractivity contribution >= 4 is 27.7 Å². The van der Waals surface area contributed by atoms with Crippen LogP contribution in [-0.4, -0.2) is 69.2 Å². The lowest BCUT2D eigenvalue weighted by molar-refractivity contribution is 0.443. The molecule has 0 bridgehead atoms. The summed E-state index contributed by atoms with van der Waals surface area (Å²) in [6, 6.07) is 20.7. The summed E-state index contributed by atoms with van der Waals surface area (Å²) in [6.45, 7) is 2.20. The van der Waals surface area contributed by atoms with E-state index in [4.69, 9.17) is 0 Å². The molecule has 1 aliphatic heterocycles. The molecule has 0 spiro atoms. The van der Waals surface area contributed by atoms with E-state index >= 15 is 0 Å². The van der Waals surface area contributed by atoms with E-state index in [1.54, 1.807) is 23.1 Å². The number of nitrogens with one attached hydrogen (secondary N) is 2. The second kappa shape index (κ2) is 11.4. The van der Waals surface area contributed by atoms with E-state index in [0.717, 1.165) is 11.5 Å². The van der Waals surface area contributed by atoms with Crippen molar-refractivity contribution in [1.82, 2.24) is 14.9 Å². The Hall–Kier alpha value is -2.03. The number of thioether (sulfide) groups is 1. The van der Waals surface area contributed by atoms with Crippen molar-refractivity contribution in [2.45, 2.75) is 5.92 Å². The molecular formula is C22H30N4O2S2. The van der Waals surface area contributed by atoms with E-state index in [2.05, 4.69) is 39.9 Å². The van der Waals surface area contributed by atoms with Crippen molar-refractivity contribution in [1.29, 1.82) is 0 Å². The van der Waals surface area contributed by atoms with Crippen LogP contribution in [0.1, 0.15) is 17.0 Å². The Balaban J connectivity index is 1.56. The summed E-state index contributed by atoms with van der Waals surface area (Å²) in [5.74, 6) is 2.59. The standard InChI is InChI=1S/C22H30N4O2S2/c1-23-22(24-12-17-30(27,28)26-13-15-29-16-14-26)25-18-21(19-8-4-2-5-9-19)20-10-6-3-7-11-20/h2-11,21H,12-18H2,1H3,(H2,23,24,25). The maximum Gasteiger partial charge on any atom is 0.215 e. The summed E-state index contributed by atoms with van der Waals surface area (Å²) in [7, 11) is -1.53. The van der Waals surface area contributed by atoms with Crippen LogP contribution in [0.3, 0.4) is 0 Å². The molecule has 8 heteroatoms. The largest absolute Gasteiger partial charge is 0.355 e. The molecule has 3 rings (SSSR count). The molecule has 1 heterocycles. The fourth-order valence-electron chi connectivity index (χ4n) is 3.47. The minimum Gasteiger partial charge on any atom is -0.355 e. The minimum absolute atomic E-state index is 0.0686. The predicted octanol–water partition coefficient (Wildman–Crippen LogP) is 2.36. The first-order valence-electron chi connectivity index (χ1n) is 10.2. The SMILES string of the molecule is CN=C(NCCS(=O)(=O)N1CCSCC1)NCC(c1ccccc1)c1ccccc1. The smallest absolute Gasteiger partial charge is 0.215 e. The van der Waals surface area contributed by atoms with E-state index in [0.29, 0.717) is 32.1 Å². The van der Waals surface area contributed by atoms with Crippen LogP contribution in [0.5, 0.6) is 0 Å². The van der Waals surface area contributed by atoms with Crippen molar-refractivity contribution in [3.05, 3.63) is 71.8 Å². The molecule has 2 aromatic rings. The second-order valence-electron chi connectivity index (χ2n) is 7.08. The van der Waals surface area contributed by atoms with Crippen molar-refractivity contribution in [2.75, 3.05) is 50.5 Å². The molecule has 0 radical (unpaired) electrons. The topological polar surface area (TPSA) is 73.8 Å². The molecule has 0 aliphatic carbocycles. The Morgan fingerprint density at radius 1 is 1.00 bits per heavy atom. The Morgan fingerprint density at radius 2 is 1.57 bits per heavy atom. The van der Waals surface area contributed by atoms with Crippen LogP contribution >= 0.6 is 11.8 Å². The van der Waals surface area contributed by atoms with Gasteiger partial charge in [-0.15, -0.1) is 0 Å². The fraction of sp³-hybridized carbons (Fsp3) is 0.409. The number of rotatable bonds is 8. The summed E-state index contributed by atoms with van der Waals surface area (Å²) in [6.07, 6.45) is 0. The van der Waals surface area contributed by atoms with Gasteiger partial charge >= 0.3 is 0 Å². The van der Waals surface area contributed by atoms with Gasteiger partial charge in [-0.05, 0) is 11.1 Å². The highest BCUT2D eigenvalue weighted by Crippen LogP contribution is 2.23. The van der Waals surface area contributed by atoms with E-state index in [9.17, 15) is 8.42 Å². The normalized spacial score (nSPS) is 15.9. The third-order valence-corrected chi connectivity index (χ3v) is 7.93. The molecule has 1 saturated heterocycles. The molecule has 1 aliphatic rings. The van der Waals surface area contributed by atoms with Gasteiger partial charge in [-0.3, -0.25) is 4.99 Å². The Kier molecular flexibility index (Phi) is 8.60. The molecular weight excluding hydrogens is 416 g/mol. The average molecular weight is 447 g/mol. The highest BCUT2D eigenvalue weighted by atomic mass is 32.2. The average Bonchev–Trinajstić information content (AvgIpc) is 2.80. The van der Waals surface area contributed by atoms with E-state index in [1.807, 2.05) is 36.4 Å². The molecule has 2 N–H and O–H groups in total. The number of hydrogen-bond donors (Lipinski definition) is 2. The van der Waals surface area contributed by atoms with Crippen LogP contribution in [0.15, 0.2) is 65.7 Å². The zero-order chi connectivity index (χ0) is 21.2. The highest BCUT2D eigenvalue weighted by molar-refractivity contribution is 7.99. The predicted molar refractivity (Wildman–Crippen MR) is 127 cm³/mol. The lowest BCUT2D eigenvalue weighted by atomic mass is 9.91. The van der Waals surface area contributed by atoms with Gasteiger partial charge in [0.2, 0.25) is 10.0 Å². The highest BCUT2D eigenvalue weighted by Gasteiger charge is 2.23. The fourth-order valence-corrected chi connectivity index (χ4v) is 5.96. The van der Waals surface area contributed by atoms with Gasteiger partial charge in [0.05, 0.1) is 5.75 Å².